The van der Waals surface area contributed by atoms with Crippen LogP contribution in [0, 0.1) is 0 Å². The summed E-state index contributed by atoms with van der Waals surface area (Å²) in [6.07, 6.45) is 11.1. The molecule has 0 radical (unpaired) electrons. The SMILES string of the molecule is CC=C1C=CC=C1CCC. The van der Waals surface area contributed by atoms with Gasteiger partial charge in [0.2, 0.25) is 0 Å². The Morgan fingerprint density at radius 1 is 1.50 bits per heavy atom. The Kier molecular flexibility index (Phi) is 2.49. The molecule has 0 fully saturated rings. The predicted octanol–water partition coefficient (Wildman–Crippen LogP) is 3.23. The van der Waals surface area contributed by atoms with E-state index in [4.69, 9.17) is 0 Å². The average Bonchev–Trinajstić information content (AvgIpc) is 2.36. The first-order valence-corrected chi connectivity index (χ1v) is 3.92. The Bertz CT molecular complexity index is 192. The molecule has 54 valence electrons. The van der Waals surface area contributed by atoms with Gasteiger partial charge in [0.05, 0.1) is 0 Å². The molecule has 0 bridgehead atoms. The molecule has 0 heteroatoms. The molecular formula is C10H14. The van der Waals surface area contributed by atoms with Crippen LogP contribution >= 0.6 is 0 Å². The van der Waals surface area contributed by atoms with E-state index in [0.29, 0.717) is 0 Å². The van der Waals surface area contributed by atoms with Gasteiger partial charge in [-0.3, -0.25) is 0 Å². The maximum atomic E-state index is 2.21. The van der Waals surface area contributed by atoms with Crippen molar-refractivity contribution in [3.05, 3.63) is 35.5 Å². The van der Waals surface area contributed by atoms with Crippen molar-refractivity contribution in [1.82, 2.24) is 0 Å². The van der Waals surface area contributed by atoms with E-state index in [1.165, 1.54) is 24.0 Å². The van der Waals surface area contributed by atoms with Crippen LogP contribution in [0.4, 0.5) is 0 Å². The molecule has 0 aliphatic heterocycles. The van der Waals surface area contributed by atoms with Crippen LogP contribution in [0.25, 0.3) is 0 Å². The molecule has 0 atom stereocenters. The number of rotatable bonds is 2. The second-order valence-electron chi connectivity index (χ2n) is 2.55. The molecule has 0 aromatic carbocycles. The molecule has 0 aromatic heterocycles. The molecule has 0 saturated carbocycles. The molecule has 0 amide bonds. The van der Waals surface area contributed by atoms with Crippen molar-refractivity contribution in [1.29, 1.82) is 0 Å². The number of hydrogen-bond donors (Lipinski definition) is 0. The lowest BCUT2D eigenvalue weighted by atomic mass is 10.1. The Morgan fingerprint density at radius 2 is 2.30 bits per heavy atom. The lowest BCUT2D eigenvalue weighted by molar-refractivity contribution is 0.921. The normalized spacial score (nSPS) is 20.2. The second-order valence-corrected chi connectivity index (χ2v) is 2.55. The molecule has 0 heterocycles. The van der Waals surface area contributed by atoms with Gasteiger partial charge >= 0.3 is 0 Å². The lowest BCUT2D eigenvalue weighted by Crippen LogP contribution is -1.80. The summed E-state index contributed by atoms with van der Waals surface area (Å²) in [5.41, 5.74) is 2.90. The van der Waals surface area contributed by atoms with Crippen molar-refractivity contribution in [2.75, 3.05) is 0 Å². The smallest absolute Gasteiger partial charge is 0.0267 e. The topological polar surface area (TPSA) is 0 Å². The summed E-state index contributed by atoms with van der Waals surface area (Å²) in [6.45, 7) is 4.31. The van der Waals surface area contributed by atoms with Gasteiger partial charge in [0.25, 0.3) is 0 Å². The maximum absolute atomic E-state index is 2.21. The molecule has 1 aliphatic rings. The Balaban J connectivity index is 2.63. The Morgan fingerprint density at radius 3 is 2.90 bits per heavy atom. The molecule has 0 unspecified atom stereocenters. The fourth-order valence-corrected chi connectivity index (χ4v) is 1.25. The van der Waals surface area contributed by atoms with Crippen LogP contribution in [0.15, 0.2) is 35.5 Å². The Hall–Kier alpha value is -0.780. The van der Waals surface area contributed by atoms with Gasteiger partial charge in [-0.1, -0.05) is 37.6 Å². The summed E-state index contributed by atoms with van der Waals surface area (Å²) in [6, 6.07) is 0. The summed E-state index contributed by atoms with van der Waals surface area (Å²) >= 11 is 0. The maximum Gasteiger partial charge on any atom is -0.0267 e. The van der Waals surface area contributed by atoms with Crippen LogP contribution in [-0.2, 0) is 0 Å². The zero-order valence-corrected chi connectivity index (χ0v) is 6.72. The van der Waals surface area contributed by atoms with Crippen molar-refractivity contribution < 1.29 is 0 Å². The standard InChI is InChI=1S/C10H14/c1-3-6-10-8-5-7-9(10)4-2/h4-5,7-8H,3,6H2,1-2H3. The van der Waals surface area contributed by atoms with E-state index in [1.807, 2.05) is 0 Å². The summed E-state index contributed by atoms with van der Waals surface area (Å²) in [5.74, 6) is 0. The molecular weight excluding hydrogens is 120 g/mol. The molecule has 10 heavy (non-hydrogen) atoms. The van der Waals surface area contributed by atoms with E-state index in [2.05, 4.69) is 38.2 Å². The molecule has 0 saturated heterocycles. The first-order chi connectivity index (χ1) is 4.88. The summed E-state index contributed by atoms with van der Waals surface area (Å²) in [7, 11) is 0. The summed E-state index contributed by atoms with van der Waals surface area (Å²) in [4.78, 5) is 0. The van der Waals surface area contributed by atoms with E-state index in [9.17, 15) is 0 Å². The van der Waals surface area contributed by atoms with Gasteiger partial charge in [-0.2, -0.15) is 0 Å². The van der Waals surface area contributed by atoms with Gasteiger partial charge in [-0.05, 0) is 24.5 Å². The van der Waals surface area contributed by atoms with Crippen LogP contribution in [0.1, 0.15) is 26.7 Å². The van der Waals surface area contributed by atoms with E-state index in [0.717, 1.165) is 0 Å². The third-order valence-corrected chi connectivity index (χ3v) is 1.77. The van der Waals surface area contributed by atoms with Gasteiger partial charge in [-0.15, -0.1) is 0 Å². The van der Waals surface area contributed by atoms with E-state index >= 15 is 0 Å². The van der Waals surface area contributed by atoms with Gasteiger partial charge in [0.1, 0.15) is 0 Å². The minimum Gasteiger partial charge on any atom is -0.0801 e. The minimum atomic E-state index is 1.21. The van der Waals surface area contributed by atoms with Crippen LogP contribution in [0.2, 0.25) is 0 Å². The molecule has 1 rings (SSSR count). The van der Waals surface area contributed by atoms with E-state index in [1.54, 1.807) is 0 Å². The second kappa shape index (κ2) is 3.40. The fraction of sp³-hybridized carbons (Fsp3) is 0.400. The van der Waals surface area contributed by atoms with E-state index < -0.39 is 0 Å². The third-order valence-electron chi connectivity index (χ3n) is 1.77. The summed E-state index contributed by atoms with van der Waals surface area (Å²) in [5, 5.41) is 0. The molecule has 0 nitrogen and oxygen atoms in total. The van der Waals surface area contributed by atoms with Crippen molar-refractivity contribution in [2.24, 2.45) is 0 Å². The van der Waals surface area contributed by atoms with Gasteiger partial charge in [0, 0.05) is 0 Å². The highest BCUT2D eigenvalue weighted by atomic mass is 14.1. The van der Waals surface area contributed by atoms with Gasteiger partial charge in [-0.25, -0.2) is 0 Å². The highest BCUT2D eigenvalue weighted by Gasteiger charge is 2.02. The van der Waals surface area contributed by atoms with Crippen molar-refractivity contribution in [3.63, 3.8) is 0 Å². The fourth-order valence-electron chi connectivity index (χ4n) is 1.25. The van der Waals surface area contributed by atoms with Crippen molar-refractivity contribution >= 4 is 0 Å². The van der Waals surface area contributed by atoms with Crippen LogP contribution in [0.3, 0.4) is 0 Å². The molecule has 0 spiro atoms. The van der Waals surface area contributed by atoms with E-state index in [-0.39, 0.29) is 0 Å². The highest BCUT2D eigenvalue weighted by molar-refractivity contribution is 5.47. The van der Waals surface area contributed by atoms with Gasteiger partial charge in [0.15, 0.2) is 0 Å². The van der Waals surface area contributed by atoms with Crippen molar-refractivity contribution in [2.45, 2.75) is 26.7 Å². The number of hydrogen-bond acceptors (Lipinski definition) is 0. The van der Waals surface area contributed by atoms with Gasteiger partial charge < -0.3 is 0 Å². The Labute approximate surface area is 62.9 Å². The molecule has 0 N–H and O–H groups in total. The minimum absolute atomic E-state index is 1.21. The first kappa shape index (κ1) is 7.33. The predicted molar refractivity (Wildman–Crippen MR) is 45.9 cm³/mol. The third kappa shape index (κ3) is 1.38. The molecule has 0 aromatic rings. The van der Waals surface area contributed by atoms with Crippen LogP contribution in [-0.4, -0.2) is 0 Å². The average molecular weight is 134 g/mol. The summed E-state index contributed by atoms with van der Waals surface area (Å²) < 4.78 is 0. The highest BCUT2D eigenvalue weighted by Crippen LogP contribution is 2.21. The first-order valence-electron chi connectivity index (χ1n) is 3.92. The zero-order valence-electron chi connectivity index (χ0n) is 6.72. The van der Waals surface area contributed by atoms with Crippen molar-refractivity contribution in [3.8, 4) is 0 Å². The quantitative estimate of drug-likeness (QED) is 0.544. The molecule has 1 aliphatic carbocycles. The lowest BCUT2D eigenvalue weighted by Gasteiger charge is -2.00. The number of allylic oxidation sites excluding steroid dienone is 6. The zero-order chi connectivity index (χ0) is 7.40. The largest absolute Gasteiger partial charge is 0.0801 e. The monoisotopic (exact) mass is 134 g/mol. The van der Waals surface area contributed by atoms with Crippen LogP contribution in [0.5, 0.6) is 0 Å². The van der Waals surface area contributed by atoms with Crippen LogP contribution < -0.4 is 0 Å².